The Morgan fingerprint density at radius 3 is 1.27 bits per heavy atom. The molecule has 1 aliphatic carbocycles. The maximum absolute atomic E-state index is 11.2. The molecule has 3 aromatic rings. The van der Waals surface area contributed by atoms with Crippen LogP contribution in [0.1, 0.15) is 148 Å². The second-order valence-electron chi connectivity index (χ2n) is 18.2. The van der Waals surface area contributed by atoms with Gasteiger partial charge in [-0.3, -0.25) is 9.98 Å². The summed E-state index contributed by atoms with van der Waals surface area (Å²) in [6.07, 6.45) is 7.90. The summed E-state index contributed by atoms with van der Waals surface area (Å²) >= 11 is 0. The number of phenolic OH excluding ortho intramolecular Hbond substituents is 2. The van der Waals surface area contributed by atoms with Crippen LogP contribution in [0.4, 0.5) is 0 Å². The van der Waals surface area contributed by atoms with Crippen molar-refractivity contribution < 1.29 is 40.0 Å². The first-order valence-electron chi connectivity index (χ1n) is 18.0. The van der Waals surface area contributed by atoms with Gasteiger partial charge in [0, 0.05) is 51.5 Å². The van der Waals surface area contributed by atoms with Gasteiger partial charge in [-0.15, -0.1) is 0 Å². The fourth-order valence-electron chi connectivity index (χ4n) is 6.02. The summed E-state index contributed by atoms with van der Waals surface area (Å²) in [7, 11) is -4.27. The SMILES string of the molecule is CC(C)(C)c1cc(C=N[C@H]2CCCC[C@@H]2N=Cc2cc(C(C)(C)C)cc(C(C)(C)C)c2O)c(O)c(C(C)(C)C)c1.Cc1ccc(S(=O)(=O)[O-])cc1.[Co]. The zero-order valence-corrected chi connectivity index (χ0v) is 35.4. The van der Waals surface area contributed by atoms with Crippen LogP contribution in [0, 0.1) is 6.92 Å². The number of nitrogens with zero attached hydrogens (tertiary/aromatic N) is 2. The number of hydrogen-bond donors (Lipinski definition) is 2. The van der Waals surface area contributed by atoms with Gasteiger partial charge in [0.2, 0.25) is 0 Å². The quantitative estimate of drug-likeness (QED) is 0.197. The fourth-order valence-corrected chi connectivity index (χ4v) is 6.49. The van der Waals surface area contributed by atoms with E-state index in [9.17, 15) is 23.2 Å². The van der Waals surface area contributed by atoms with E-state index in [0.29, 0.717) is 11.5 Å². The molecule has 0 aromatic heterocycles. The van der Waals surface area contributed by atoms with Gasteiger partial charge in [-0.05, 0) is 76.8 Å². The minimum atomic E-state index is -4.27. The fraction of sp³-hybridized carbons (Fsp3) is 0.535. The predicted molar refractivity (Wildman–Crippen MR) is 211 cm³/mol. The third-order valence-electron chi connectivity index (χ3n) is 9.44. The predicted octanol–water partition coefficient (Wildman–Crippen LogP) is 10.0. The van der Waals surface area contributed by atoms with Crippen LogP contribution in [0.25, 0.3) is 0 Å². The Morgan fingerprint density at radius 2 is 0.981 bits per heavy atom. The minimum absolute atomic E-state index is 0. The Labute approximate surface area is 324 Å². The summed E-state index contributed by atoms with van der Waals surface area (Å²) in [5, 5.41) is 22.5. The van der Waals surface area contributed by atoms with E-state index in [1.54, 1.807) is 12.1 Å². The van der Waals surface area contributed by atoms with E-state index in [-0.39, 0.29) is 55.4 Å². The largest absolute Gasteiger partial charge is 0.744 e. The molecule has 1 saturated carbocycles. The molecule has 52 heavy (non-hydrogen) atoms. The molecular weight excluding hydrogens is 715 g/mol. The molecule has 7 nitrogen and oxygen atoms in total. The normalized spacial score (nSPS) is 17.5. The summed E-state index contributed by atoms with van der Waals surface area (Å²) in [5.41, 5.74) is 6.32. The summed E-state index contributed by atoms with van der Waals surface area (Å²) in [4.78, 5) is 9.88. The van der Waals surface area contributed by atoms with Crippen molar-refractivity contribution in [2.45, 2.75) is 154 Å². The van der Waals surface area contributed by atoms with Gasteiger partial charge in [0.15, 0.2) is 0 Å². The van der Waals surface area contributed by atoms with Gasteiger partial charge in [-0.2, -0.15) is 0 Å². The molecule has 0 amide bonds. The molecule has 0 heterocycles. The van der Waals surface area contributed by atoms with E-state index < -0.39 is 10.1 Å². The van der Waals surface area contributed by atoms with Crippen molar-refractivity contribution in [1.82, 2.24) is 0 Å². The number of rotatable bonds is 5. The van der Waals surface area contributed by atoms with Crippen molar-refractivity contribution in [1.29, 1.82) is 0 Å². The topological polar surface area (TPSA) is 122 Å². The van der Waals surface area contributed by atoms with Crippen LogP contribution < -0.4 is 0 Å². The van der Waals surface area contributed by atoms with E-state index >= 15 is 0 Å². The van der Waals surface area contributed by atoms with Crippen LogP contribution in [0.3, 0.4) is 0 Å². The van der Waals surface area contributed by atoms with E-state index in [2.05, 4.69) is 107 Å². The van der Waals surface area contributed by atoms with Gasteiger partial charge < -0.3 is 14.8 Å². The van der Waals surface area contributed by atoms with Crippen molar-refractivity contribution in [2.24, 2.45) is 9.98 Å². The van der Waals surface area contributed by atoms with Gasteiger partial charge in [-0.1, -0.05) is 126 Å². The van der Waals surface area contributed by atoms with Crippen LogP contribution in [-0.2, 0) is 48.6 Å². The molecule has 1 aliphatic rings. The molecule has 0 spiro atoms. The van der Waals surface area contributed by atoms with Gasteiger partial charge in [0.1, 0.15) is 21.6 Å². The molecular formula is C43H61CoN2O5S-. The van der Waals surface area contributed by atoms with Crippen molar-refractivity contribution in [3.05, 3.63) is 87.5 Å². The second-order valence-corrected chi connectivity index (χ2v) is 19.5. The van der Waals surface area contributed by atoms with Crippen LogP contribution in [0.5, 0.6) is 11.5 Å². The Bertz CT molecular complexity index is 1740. The molecule has 1 radical (unpaired) electrons. The number of aromatic hydroxyl groups is 2. The Hall–Kier alpha value is -2.98. The van der Waals surface area contributed by atoms with Gasteiger partial charge in [0.25, 0.3) is 0 Å². The van der Waals surface area contributed by atoms with Crippen LogP contribution in [-0.4, -0.2) is 47.7 Å². The van der Waals surface area contributed by atoms with Crippen LogP contribution in [0.15, 0.2) is 63.4 Å². The second kappa shape index (κ2) is 17.0. The molecule has 3 aromatic carbocycles. The third kappa shape index (κ3) is 12.3. The number of aliphatic imine (C=N–C) groups is 2. The molecule has 0 unspecified atom stereocenters. The van der Waals surface area contributed by atoms with E-state index in [1.165, 1.54) is 23.3 Å². The monoisotopic (exact) mass is 776 g/mol. The molecule has 0 aliphatic heterocycles. The standard InChI is InChI=1S/C36H54N2O2.C7H8O3S.Co/c1-33(2,3)25-17-23(31(39)27(19-25)35(7,8)9)21-37-29-15-13-14-16-30(29)38-22-24-18-26(34(4,5)6)20-28(32(24)40)36(10,11)12;1-6-2-4-7(5-3-6)11(8,9)10;/h17-22,29-30,39-40H,13-16H2,1-12H3;2-5H,1H3,(H,8,9,10);/p-1/t29-,30-;;/m0../s1. The summed E-state index contributed by atoms with van der Waals surface area (Å²) < 4.78 is 31.2. The average molecular weight is 777 g/mol. The van der Waals surface area contributed by atoms with Gasteiger partial charge in [0.05, 0.1) is 17.0 Å². The smallest absolute Gasteiger partial charge is 0.128 e. The molecule has 0 saturated heterocycles. The van der Waals surface area contributed by atoms with Crippen molar-refractivity contribution in [2.75, 3.05) is 0 Å². The molecule has 0 bridgehead atoms. The summed E-state index contributed by atoms with van der Waals surface area (Å²) in [5.74, 6) is 0.637. The van der Waals surface area contributed by atoms with Crippen molar-refractivity contribution >= 4 is 22.5 Å². The maximum Gasteiger partial charge on any atom is 0.128 e. The number of hydrogen-bond acceptors (Lipinski definition) is 7. The molecule has 9 heteroatoms. The first kappa shape index (κ1) is 45.2. The molecule has 289 valence electrons. The Kier molecular flexibility index (Phi) is 14.8. The number of benzene rings is 3. The Morgan fingerprint density at radius 1 is 0.635 bits per heavy atom. The van der Waals surface area contributed by atoms with E-state index in [4.69, 9.17) is 9.98 Å². The number of phenols is 2. The van der Waals surface area contributed by atoms with Crippen LogP contribution >= 0.6 is 0 Å². The van der Waals surface area contributed by atoms with Gasteiger partial charge >= 0.3 is 0 Å². The Balaban J connectivity index is 0.000000666. The molecule has 2 N–H and O–H groups in total. The first-order valence-corrected chi connectivity index (χ1v) is 19.5. The van der Waals surface area contributed by atoms with Crippen molar-refractivity contribution in [3.63, 3.8) is 0 Å². The first-order chi connectivity index (χ1) is 23.2. The maximum atomic E-state index is 11.2. The average Bonchev–Trinajstić information content (AvgIpc) is 2.98. The molecule has 2 atom stereocenters. The summed E-state index contributed by atoms with van der Waals surface area (Å²) in [6.45, 7) is 27.8. The zero-order chi connectivity index (χ0) is 38.7. The van der Waals surface area contributed by atoms with Gasteiger partial charge in [-0.25, -0.2) is 8.42 Å². The molecule has 1 fully saturated rings. The van der Waals surface area contributed by atoms with E-state index in [0.717, 1.165) is 53.5 Å². The van der Waals surface area contributed by atoms with E-state index in [1.807, 2.05) is 19.4 Å². The minimum Gasteiger partial charge on any atom is -0.744 e. The summed E-state index contributed by atoms with van der Waals surface area (Å²) in [6, 6.07) is 14.3. The zero-order valence-electron chi connectivity index (χ0n) is 33.5. The molecule has 4 rings (SSSR count). The van der Waals surface area contributed by atoms with Crippen molar-refractivity contribution in [3.8, 4) is 11.5 Å². The van der Waals surface area contributed by atoms with Crippen LogP contribution in [0.2, 0.25) is 0 Å². The third-order valence-corrected chi connectivity index (χ3v) is 10.3. The number of aryl methyl sites for hydroxylation is 1.